The Kier molecular flexibility index (Phi) is 5.87. The van der Waals surface area contributed by atoms with Gasteiger partial charge in [-0.3, -0.25) is 14.2 Å². The molecule has 6 nitrogen and oxygen atoms in total. The number of methoxy groups -OCH3 is 1. The third kappa shape index (κ3) is 4.39. The molecule has 1 amide bonds. The number of rotatable bonds is 7. The number of fused-ring (bicyclic) bond motifs is 1. The molecular weight excluding hydrogens is 294 g/mol. The number of carbonyl (C=O) groups excluding carboxylic acids is 1. The molecule has 0 N–H and O–H groups in total. The minimum Gasteiger partial charge on any atom is -0.383 e. The first-order chi connectivity index (χ1) is 11.0. The molecule has 23 heavy (non-hydrogen) atoms. The maximum Gasteiger partial charge on any atom is 0.269 e. The number of aromatic nitrogens is 2. The van der Waals surface area contributed by atoms with Crippen LogP contribution in [0.5, 0.6) is 0 Å². The Bertz CT molecular complexity index is 724. The molecule has 0 bridgehead atoms. The van der Waals surface area contributed by atoms with E-state index in [9.17, 15) is 9.59 Å². The number of para-hydroxylation sites is 2. The third-order valence-electron chi connectivity index (χ3n) is 3.55. The monoisotopic (exact) mass is 317 g/mol. The van der Waals surface area contributed by atoms with Gasteiger partial charge in [0.2, 0.25) is 5.91 Å². The zero-order valence-electron chi connectivity index (χ0n) is 13.9. The number of benzene rings is 1. The third-order valence-corrected chi connectivity index (χ3v) is 3.55. The van der Waals surface area contributed by atoms with Crippen LogP contribution in [0.1, 0.15) is 13.8 Å². The van der Waals surface area contributed by atoms with E-state index in [2.05, 4.69) is 18.8 Å². The quantitative estimate of drug-likeness (QED) is 0.777. The number of hydrogen-bond donors (Lipinski definition) is 0. The van der Waals surface area contributed by atoms with E-state index in [1.807, 2.05) is 18.2 Å². The van der Waals surface area contributed by atoms with Crippen molar-refractivity contribution in [1.29, 1.82) is 0 Å². The number of ether oxygens (including phenoxy) is 1. The highest BCUT2D eigenvalue weighted by molar-refractivity contribution is 5.80. The Balaban J connectivity index is 2.27. The Morgan fingerprint density at radius 1 is 1.35 bits per heavy atom. The number of hydrogen-bond acceptors (Lipinski definition) is 4. The average Bonchev–Trinajstić information content (AvgIpc) is 2.53. The van der Waals surface area contributed by atoms with Crippen LogP contribution in [0, 0.1) is 5.92 Å². The number of carbonyl (C=O) groups is 1. The van der Waals surface area contributed by atoms with Gasteiger partial charge in [-0.25, -0.2) is 4.98 Å². The van der Waals surface area contributed by atoms with Crippen LogP contribution in [0.2, 0.25) is 0 Å². The first-order valence-corrected chi connectivity index (χ1v) is 7.74. The van der Waals surface area contributed by atoms with Crippen LogP contribution >= 0.6 is 0 Å². The minimum atomic E-state index is -0.270. The first-order valence-electron chi connectivity index (χ1n) is 7.74. The average molecular weight is 317 g/mol. The maximum absolute atomic E-state index is 12.6. The molecule has 2 aromatic rings. The number of nitrogens with zero attached hydrogens (tertiary/aromatic N) is 3. The van der Waals surface area contributed by atoms with Crippen molar-refractivity contribution in [1.82, 2.24) is 14.5 Å². The molecule has 1 heterocycles. The van der Waals surface area contributed by atoms with E-state index in [1.54, 1.807) is 18.1 Å². The van der Waals surface area contributed by atoms with E-state index in [-0.39, 0.29) is 18.0 Å². The van der Waals surface area contributed by atoms with E-state index in [1.165, 1.54) is 10.8 Å². The van der Waals surface area contributed by atoms with Gasteiger partial charge >= 0.3 is 0 Å². The fourth-order valence-corrected chi connectivity index (χ4v) is 2.47. The molecule has 124 valence electrons. The summed E-state index contributed by atoms with van der Waals surface area (Å²) in [6.07, 6.45) is 1.26. The van der Waals surface area contributed by atoms with Crippen LogP contribution in [0.4, 0.5) is 0 Å². The van der Waals surface area contributed by atoms with Gasteiger partial charge < -0.3 is 9.64 Å². The Morgan fingerprint density at radius 2 is 2.09 bits per heavy atom. The lowest BCUT2D eigenvalue weighted by atomic mass is 10.2. The van der Waals surface area contributed by atoms with Crippen LogP contribution in [0.15, 0.2) is 35.3 Å². The molecule has 0 fully saturated rings. The lowest BCUT2D eigenvalue weighted by molar-refractivity contribution is -0.133. The van der Waals surface area contributed by atoms with Gasteiger partial charge in [-0.2, -0.15) is 0 Å². The van der Waals surface area contributed by atoms with Crippen LogP contribution in [0.3, 0.4) is 0 Å². The van der Waals surface area contributed by atoms with Gasteiger partial charge in [0.05, 0.1) is 23.8 Å². The second-order valence-corrected chi connectivity index (χ2v) is 5.90. The molecule has 6 heteroatoms. The topological polar surface area (TPSA) is 64.4 Å². The maximum atomic E-state index is 12.6. The summed E-state index contributed by atoms with van der Waals surface area (Å²) in [6, 6.07) is 7.32. The molecule has 0 unspecified atom stereocenters. The predicted octanol–water partition coefficient (Wildman–Crippen LogP) is 1.53. The van der Waals surface area contributed by atoms with E-state index >= 15 is 0 Å². The summed E-state index contributed by atoms with van der Waals surface area (Å²) in [5.74, 6) is 0.260. The lowest BCUT2D eigenvalue weighted by Gasteiger charge is -2.25. The molecule has 2 rings (SSSR count). The summed E-state index contributed by atoms with van der Waals surface area (Å²) in [6.45, 7) is 5.76. The normalized spacial score (nSPS) is 11.1. The van der Waals surface area contributed by atoms with E-state index in [0.717, 1.165) is 0 Å². The molecule has 0 aliphatic rings. The molecular formula is C17H23N3O3. The zero-order chi connectivity index (χ0) is 16.8. The summed E-state index contributed by atoms with van der Waals surface area (Å²) < 4.78 is 6.55. The second-order valence-electron chi connectivity index (χ2n) is 5.90. The Labute approximate surface area is 135 Å². The second kappa shape index (κ2) is 7.87. The molecule has 1 aromatic carbocycles. The highest BCUT2D eigenvalue weighted by Crippen LogP contribution is 2.09. The van der Waals surface area contributed by atoms with Crippen molar-refractivity contribution >= 4 is 16.9 Å². The number of amides is 1. The fourth-order valence-electron chi connectivity index (χ4n) is 2.47. The molecule has 0 saturated carbocycles. The molecule has 0 atom stereocenters. The summed E-state index contributed by atoms with van der Waals surface area (Å²) in [5, 5.41) is 0. The van der Waals surface area contributed by atoms with E-state index in [0.29, 0.717) is 36.6 Å². The van der Waals surface area contributed by atoms with Gasteiger partial charge in [0.25, 0.3) is 5.56 Å². The highest BCUT2D eigenvalue weighted by atomic mass is 16.5. The molecule has 0 spiro atoms. The Morgan fingerprint density at radius 3 is 2.78 bits per heavy atom. The highest BCUT2D eigenvalue weighted by Gasteiger charge is 2.17. The van der Waals surface area contributed by atoms with Crippen molar-refractivity contribution < 1.29 is 9.53 Å². The summed E-state index contributed by atoms with van der Waals surface area (Å²) in [4.78, 5) is 30.6. The van der Waals surface area contributed by atoms with Gasteiger partial charge in [0.15, 0.2) is 0 Å². The molecule has 0 aliphatic carbocycles. The molecule has 0 saturated heterocycles. The van der Waals surface area contributed by atoms with E-state index < -0.39 is 0 Å². The van der Waals surface area contributed by atoms with Crippen LogP contribution in [-0.2, 0) is 16.1 Å². The van der Waals surface area contributed by atoms with Gasteiger partial charge in [-0.15, -0.1) is 0 Å². The smallest absolute Gasteiger partial charge is 0.269 e. The first kappa shape index (κ1) is 17.1. The van der Waals surface area contributed by atoms with E-state index in [4.69, 9.17) is 4.74 Å². The van der Waals surface area contributed by atoms with Gasteiger partial charge in [-0.1, -0.05) is 26.0 Å². The van der Waals surface area contributed by atoms with Gasteiger partial charge in [0, 0.05) is 20.2 Å². The summed E-state index contributed by atoms with van der Waals surface area (Å²) in [7, 11) is 1.61. The van der Waals surface area contributed by atoms with Crippen molar-refractivity contribution in [3.05, 3.63) is 40.8 Å². The summed E-state index contributed by atoms with van der Waals surface area (Å²) in [5.41, 5.74) is 1.10. The zero-order valence-corrected chi connectivity index (χ0v) is 13.9. The van der Waals surface area contributed by atoms with Crippen LogP contribution in [-0.4, -0.2) is 47.2 Å². The molecule has 1 aromatic heterocycles. The predicted molar refractivity (Wildman–Crippen MR) is 89.3 cm³/mol. The van der Waals surface area contributed by atoms with Crippen molar-refractivity contribution in [2.45, 2.75) is 20.4 Å². The van der Waals surface area contributed by atoms with Gasteiger partial charge in [0.1, 0.15) is 6.54 Å². The van der Waals surface area contributed by atoms with Crippen molar-refractivity contribution in [2.75, 3.05) is 26.8 Å². The molecule has 0 radical (unpaired) electrons. The van der Waals surface area contributed by atoms with Gasteiger partial charge in [-0.05, 0) is 18.1 Å². The minimum absolute atomic E-state index is 0.0122. The van der Waals surface area contributed by atoms with Crippen LogP contribution in [0.25, 0.3) is 11.0 Å². The fraction of sp³-hybridized carbons (Fsp3) is 0.471. The van der Waals surface area contributed by atoms with Crippen LogP contribution < -0.4 is 5.56 Å². The SMILES string of the molecule is COCCN(CC(C)C)C(=O)Cn1c(=O)cnc2ccccc21. The summed E-state index contributed by atoms with van der Waals surface area (Å²) >= 11 is 0. The standard InChI is InChI=1S/C17H23N3O3/c1-13(2)11-19(8-9-23-3)17(22)12-20-15-7-5-4-6-14(15)18-10-16(20)21/h4-7,10,13H,8-9,11-12H2,1-3H3. The largest absolute Gasteiger partial charge is 0.383 e. The Hall–Kier alpha value is -2.21. The van der Waals surface area contributed by atoms with Crippen molar-refractivity contribution in [3.63, 3.8) is 0 Å². The lowest BCUT2D eigenvalue weighted by Crippen LogP contribution is -2.40. The molecule has 0 aliphatic heterocycles. The van der Waals surface area contributed by atoms with Crippen molar-refractivity contribution in [2.24, 2.45) is 5.92 Å². The van der Waals surface area contributed by atoms with Crippen molar-refractivity contribution in [3.8, 4) is 0 Å².